The lowest BCUT2D eigenvalue weighted by molar-refractivity contribution is 1.11. The van der Waals surface area contributed by atoms with Crippen LogP contribution in [0.1, 0.15) is 13.3 Å². The molecule has 0 aliphatic rings. The lowest BCUT2D eigenvalue weighted by Gasteiger charge is -1.89. The molecule has 0 amide bonds. The van der Waals surface area contributed by atoms with E-state index in [-0.39, 0.29) is 0 Å². The van der Waals surface area contributed by atoms with Crippen molar-refractivity contribution in [3.63, 3.8) is 0 Å². The van der Waals surface area contributed by atoms with E-state index in [2.05, 4.69) is 29.3 Å². The van der Waals surface area contributed by atoms with Crippen LogP contribution in [0.25, 0.3) is 0 Å². The summed E-state index contributed by atoms with van der Waals surface area (Å²) in [6.07, 6.45) is 1.11. The van der Waals surface area contributed by atoms with Crippen LogP contribution in [0.15, 0.2) is 4.99 Å². The van der Waals surface area contributed by atoms with Gasteiger partial charge in [-0.1, -0.05) is 18.7 Å². The summed E-state index contributed by atoms with van der Waals surface area (Å²) in [7, 11) is 0. The number of thioether (sulfide) groups is 1. The van der Waals surface area contributed by atoms with Crippen molar-refractivity contribution in [2.45, 2.75) is 13.3 Å². The fourth-order valence-electron chi connectivity index (χ4n) is 0.259. The normalized spacial score (nSPS) is 8.11. The Morgan fingerprint density at radius 3 is 2.89 bits per heavy atom. The molecule has 50 valence electrons. The maximum absolute atomic E-state index is 4.79. The lowest BCUT2D eigenvalue weighted by Crippen LogP contribution is -1.82. The molecule has 0 aromatic heterocycles. The Morgan fingerprint density at radius 1 is 1.78 bits per heavy atom. The Kier molecular flexibility index (Phi) is 6.53. The van der Waals surface area contributed by atoms with E-state index in [1.807, 2.05) is 0 Å². The zero-order valence-corrected chi connectivity index (χ0v) is 7.54. The van der Waals surface area contributed by atoms with Crippen LogP contribution in [0.4, 0.5) is 0 Å². The molecule has 0 aliphatic heterocycles. The molecule has 0 rings (SSSR count). The van der Waals surface area contributed by atoms with E-state index in [1.165, 1.54) is 11.8 Å². The van der Waals surface area contributed by atoms with Gasteiger partial charge in [0.25, 0.3) is 0 Å². The quantitative estimate of drug-likeness (QED) is 0.475. The molecule has 0 fully saturated rings. The number of thiocarbonyl (C=S) groups is 2. The van der Waals surface area contributed by atoms with Gasteiger partial charge in [-0.05, 0) is 30.9 Å². The molecule has 0 spiro atoms. The monoisotopic (exact) mass is 177 g/mol. The standard InChI is InChI=1S/C5H7NS3/c1-2-3-9-5(8)6-4-7/h2-3H2,1H3. The molecule has 0 N–H and O–H groups in total. The minimum absolute atomic E-state index is 0.590. The van der Waals surface area contributed by atoms with Crippen LogP contribution in [-0.2, 0) is 0 Å². The lowest BCUT2D eigenvalue weighted by atomic mass is 10.6. The average molecular weight is 177 g/mol. The highest BCUT2D eigenvalue weighted by atomic mass is 32.2. The minimum Gasteiger partial charge on any atom is -0.176 e. The fraction of sp³-hybridized carbons (Fsp3) is 0.600. The summed E-state index contributed by atoms with van der Waals surface area (Å²) < 4.78 is 0.590. The van der Waals surface area contributed by atoms with Crippen molar-refractivity contribution in [1.29, 1.82) is 0 Å². The predicted octanol–water partition coefficient (Wildman–Crippen LogP) is 2.52. The first-order chi connectivity index (χ1) is 4.31. The van der Waals surface area contributed by atoms with Crippen LogP contribution in [0.3, 0.4) is 0 Å². The summed E-state index contributed by atoms with van der Waals surface area (Å²) in [6, 6.07) is 0. The first kappa shape index (κ1) is 9.24. The maximum Gasteiger partial charge on any atom is 0.170 e. The van der Waals surface area contributed by atoms with Crippen molar-refractivity contribution in [2.24, 2.45) is 4.99 Å². The molecule has 0 aliphatic carbocycles. The van der Waals surface area contributed by atoms with Crippen molar-refractivity contribution in [1.82, 2.24) is 0 Å². The van der Waals surface area contributed by atoms with Crippen molar-refractivity contribution < 1.29 is 0 Å². The Balaban J connectivity index is 3.39. The van der Waals surface area contributed by atoms with Crippen LogP contribution in [0.2, 0.25) is 0 Å². The van der Waals surface area contributed by atoms with Gasteiger partial charge >= 0.3 is 0 Å². The molecule has 0 saturated carbocycles. The second-order valence-corrected chi connectivity index (χ2v) is 3.23. The number of aliphatic imine (C=N–C) groups is 1. The van der Waals surface area contributed by atoms with Gasteiger partial charge in [-0.25, -0.2) is 0 Å². The van der Waals surface area contributed by atoms with E-state index in [1.54, 1.807) is 0 Å². The molecule has 9 heavy (non-hydrogen) atoms. The van der Waals surface area contributed by atoms with E-state index in [0.717, 1.165) is 12.2 Å². The van der Waals surface area contributed by atoms with Crippen molar-refractivity contribution in [2.75, 3.05) is 5.75 Å². The van der Waals surface area contributed by atoms with Crippen molar-refractivity contribution >= 4 is 45.7 Å². The molecular weight excluding hydrogens is 170 g/mol. The number of rotatable bonds is 2. The summed E-state index contributed by atoms with van der Waals surface area (Å²) in [4.78, 5) is 3.62. The van der Waals surface area contributed by atoms with Gasteiger partial charge in [-0.3, -0.25) is 0 Å². The van der Waals surface area contributed by atoms with Crippen LogP contribution in [-0.4, -0.2) is 15.2 Å². The van der Waals surface area contributed by atoms with Gasteiger partial charge in [0.1, 0.15) is 0 Å². The molecule has 0 bridgehead atoms. The van der Waals surface area contributed by atoms with Gasteiger partial charge in [0.2, 0.25) is 0 Å². The van der Waals surface area contributed by atoms with Gasteiger partial charge in [0, 0.05) is 5.75 Å². The first-order valence-corrected chi connectivity index (χ1v) is 4.36. The second kappa shape index (κ2) is 6.36. The molecule has 0 radical (unpaired) electrons. The summed E-state index contributed by atoms with van der Waals surface area (Å²) >= 11 is 10.7. The zero-order valence-electron chi connectivity index (χ0n) is 5.09. The first-order valence-electron chi connectivity index (χ1n) is 2.56. The summed E-state index contributed by atoms with van der Waals surface area (Å²) in [5.41, 5.74) is 0. The SMILES string of the molecule is CCCSC(=S)N=C=S. The molecule has 0 saturated heterocycles. The molecule has 0 aromatic rings. The average Bonchev–Trinajstić information content (AvgIpc) is 1.85. The highest BCUT2D eigenvalue weighted by Gasteiger charge is 1.89. The van der Waals surface area contributed by atoms with E-state index in [9.17, 15) is 0 Å². The number of isothiocyanates is 1. The van der Waals surface area contributed by atoms with Crippen LogP contribution in [0.5, 0.6) is 0 Å². The second-order valence-electron chi connectivity index (χ2n) is 1.32. The van der Waals surface area contributed by atoms with Crippen LogP contribution in [0, 0.1) is 0 Å². The molecular formula is C5H7NS3. The molecule has 0 heterocycles. The Labute approximate surface area is 69.9 Å². The van der Waals surface area contributed by atoms with Gasteiger partial charge in [0.15, 0.2) is 4.32 Å². The highest BCUT2D eigenvalue weighted by molar-refractivity contribution is 8.23. The third kappa shape index (κ3) is 6.12. The molecule has 4 heteroatoms. The molecule has 1 nitrogen and oxygen atoms in total. The summed E-state index contributed by atoms with van der Waals surface area (Å²) in [5, 5.41) is 2.22. The zero-order chi connectivity index (χ0) is 7.11. The van der Waals surface area contributed by atoms with Gasteiger partial charge < -0.3 is 0 Å². The molecule has 0 atom stereocenters. The van der Waals surface area contributed by atoms with E-state index in [0.29, 0.717) is 4.32 Å². The Morgan fingerprint density at radius 2 is 2.44 bits per heavy atom. The topological polar surface area (TPSA) is 12.4 Å². The van der Waals surface area contributed by atoms with E-state index >= 15 is 0 Å². The fourth-order valence-corrected chi connectivity index (χ4v) is 1.25. The van der Waals surface area contributed by atoms with Gasteiger partial charge in [0.05, 0.1) is 5.16 Å². The Bertz CT molecular complexity index is 137. The number of nitrogens with zero attached hydrogens (tertiary/aromatic N) is 1. The summed E-state index contributed by atoms with van der Waals surface area (Å²) in [6.45, 7) is 2.09. The van der Waals surface area contributed by atoms with Crippen LogP contribution < -0.4 is 0 Å². The van der Waals surface area contributed by atoms with Gasteiger partial charge in [-0.15, -0.1) is 0 Å². The number of hydrogen-bond acceptors (Lipinski definition) is 3. The minimum atomic E-state index is 0.590. The molecule has 0 aromatic carbocycles. The van der Waals surface area contributed by atoms with E-state index < -0.39 is 0 Å². The number of hydrogen-bond donors (Lipinski definition) is 0. The van der Waals surface area contributed by atoms with Gasteiger partial charge in [-0.2, -0.15) is 4.99 Å². The van der Waals surface area contributed by atoms with E-state index in [4.69, 9.17) is 12.2 Å². The third-order valence-corrected chi connectivity index (χ3v) is 2.05. The molecule has 0 unspecified atom stereocenters. The third-order valence-electron chi connectivity index (χ3n) is 0.567. The van der Waals surface area contributed by atoms with Crippen molar-refractivity contribution in [3.05, 3.63) is 0 Å². The predicted molar refractivity (Wildman–Crippen MR) is 50.4 cm³/mol. The van der Waals surface area contributed by atoms with Crippen molar-refractivity contribution in [3.8, 4) is 0 Å². The highest BCUT2D eigenvalue weighted by Crippen LogP contribution is 2.05. The largest absolute Gasteiger partial charge is 0.176 e. The smallest absolute Gasteiger partial charge is 0.170 e. The Hall–Kier alpha value is 0.240. The maximum atomic E-state index is 4.79. The van der Waals surface area contributed by atoms with Crippen LogP contribution >= 0.6 is 36.2 Å². The summed E-state index contributed by atoms with van der Waals surface area (Å²) in [5.74, 6) is 1.01.